The van der Waals surface area contributed by atoms with Crippen LogP contribution in [-0.4, -0.2) is 67.6 Å². The number of hydrogen-bond donors (Lipinski definition) is 1. The minimum Gasteiger partial charge on any atom is -0.493 e. The summed E-state index contributed by atoms with van der Waals surface area (Å²) in [6.45, 7) is 4.06. The number of methoxy groups -OCH3 is 2. The normalized spacial score (nSPS) is 15.9. The number of nitrogens with zero attached hydrogens (tertiary/aromatic N) is 2. The van der Waals surface area contributed by atoms with Crippen LogP contribution in [0.3, 0.4) is 0 Å². The number of benzene rings is 3. The maximum absolute atomic E-state index is 13.4. The Bertz CT molecular complexity index is 1470. The highest BCUT2D eigenvalue weighted by Gasteiger charge is 2.33. The number of urea groups is 1. The number of fused-ring (bicyclic) bond motifs is 1. The molecular formula is C35H41N3O6. The third-order valence-electron chi connectivity index (χ3n) is 8.58. The van der Waals surface area contributed by atoms with Crippen LogP contribution in [0, 0.1) is 12.8 Å². The van der Waals surface area contributed by atoms with Crippen LogP contribution >= 0.6 is 0 Å². The van der Waals surface area contributed by atoms with Crippen molar-refractivity contribution in [3.05, 3.63) is 89.0 Å². The van der Waals surface area contributed by atoms with Gasteiger partial charge in [0.1, 0.15) is 6.61 Å². The second kappa shape index (κ2) is 14.3. The lowest BCUT2D eigenvalue weighted by Gasteiger charge is -2.38. The van der Waals surface area contributed by atoms with Gasteiger partial charge in [-0.15, -0.1) is 0 Å². The SMILES string of the molecule is COC(=O)[C@H](CC(=O)N1CCC(N2CCc3ccccc3NC2=O)CC1)Cc1cc(C)c(OCc2ccccc2)c(OC)c1. The van der Waals surface area contributed by atoms with Crippen LogP contribution in [0.15, 0.2) is 66.7 Å². The second-order valence-electron chi connectivity index (χ2n) is 11.5. The van der Waals surface area contributed by atoms with E-state index in [1.165, 1.54) is 7.11 Å². The molecule has 0 unspecified atom stereocenters. The molecule has 2 aliphatic rings. The molecule has 1 N–H and O–H groups in total. The fourth-order valence-corrected chi connectivity index (χ4v) is 6.19. The summed E-state index contributed by atoms with van der Waals surface area (Å²) in [7, 11) is 2.94. The van der Waals surface area contributed by atoms with E-state index in [9.17, 15) is 14.4 Å². The molecule has 232 valence electrons. The molecule has 0 bridgehead atoms. The number of carbonyl (C=O) groups is 3. The summed E-state index contributed by atoms with van der Waals surface area (Å²) in [6.07, 6.45) is 2.56. The predicted molar refractivity (Wildman–Crippen MR) is 168 cm³/mol. The molecule has 5 rings (SSSR count). The average Bonchev–Trinajstić information content (AvgIpc) is 3.21. The molecule has 1 saturated heterocycles. The molecule has 3 aromatic carbocycles. The molecule has 9 nitrogen and oxygen atoms in total. The summed E-state index contributed by atoms with van der Waals surface area (Å²) in [5.41, 5.74) is 4.79. The minimum absolute atomic E-state index is 0.0461. The van der Waals surface area contributed by atoms with Gasteiger partial charge in [0.2, 0.25) is 5.91 Å². The number of carbonyl (C=O) groups excluding carboxylic acids is 3. The Kier molecular flexibility index (Phi) is 10.0. The highest BCUT2D eigenvalue weighted by molar-refractivity contribution is 5.91. The van der Waals surface area contributed by atoms with Gasteiger partial charge >= 0.3 is 12.0 Å². The van der Waals surface area contributed by atoms with Crippen molar-refractivity contribution in [1.82, 2.24) is 9.80 Å². The lowest BCUT2D eigenvalue weighted by Crippen LogP contribution is -2.50. The Morgan fingerprint density at radius 1 is 0.955 bits per heavy atom. The van der Waals surface area contributed by atoms with Crippen molar-refractivity contribution in [1.29, 1.82) is 0 Å². The number of hydrogen-bond acceptors (Lipinski definition) is 6. The van der Waals surface area contributed by atoms with Gasteiger partial charge in [0.25, 0.3) is 0 Å². The van der Waals surface area contributed by atoms with Gasteiger partial charge in [0.05, 0.1) is 20.1 Å². The monoisotopic (exact) mass is 599 g/mol. The van der Waals surface area contributed by atoms with Gasteiger partial charge in [0, 0.05) is 37.8 Å². The average molecular weight is 600 g/mol. The van der Waals surface area contributed by atoms with Gasteiger partial charge in [-0.1, -0.05) is 54.6 Å². The zero-order valence-electron chi connectivity index (χ0n) is 25.7. The standard InChI is InChI=1S/C35H41N3O6/c1-24-19-26(21-31(42-2)33(24)44-23-25-9-5-4-6-10-25)20-28(34(40)43-3)22-32(39)37-16-14-29(15-17-37)38-18-13-27-11-7-8-12-30(27)36-35(38)41/h4-12,19,21,28-29H,13-18,20,22-23H2,1-3H3,(H,36,41)/t28-/m0/s1. The molecule has 1 atom stereocenters. The van der Waals surface area contributed by atoms with E-state index < -0.39 is 11.9 Å². The summed E-state index contributed by atoms with van der Waals surface area (Å²) >= 11 is 0. The zero-order valence-corrected chi connectivity index (χ0v) is 25.7. The second-order valence-corrected chi connectivity index (χ2v) is 11.5. The molecule has 44 heavy (non-hydrogen) atoms. The molecule has 3 amide bonds. The molecule has 0 aliphatic carbocycles. The first-order valence-electron chi connectivity index (χ1n) is 15.2. The van der Waals surface area contributed by atoms with E-state index >= 15 is 0 Å². The maximum Gasteiger partial charge on any atom is 0.322 e. The lowest BCUT2D eigenvalue weighted by atomic mass is 9.93. The van der Waals surface area contributed by atoms with E-state index in [1.807, 2.05) is 83.5 Å². The predicted octanol–water partition coefficient (Wildman–Crippen LogP) is 5.39. The van der Waals surface area contributed by atoms with Crippen molar-refractivity contribution in [2.45, 2.75) is 51.7 Å². The molecule has 0 saturated carbocycles. The molecule has 0 aromatic heterocycles. The quantitative estimate of drug-likeness (QED) is 0.314. The van der Waals surface area contributed by atoms with Gasteiger partial charge in [-0.2, -0.15) is 0 Å². The number of aryl methyl sites for hydroxylation is 1. The fraction of sp³-hybridized carbons (Fsp3) is 0.400. The largest absolute Gasteiger partial charge is 0.493 e. The Morgan fingerprint density at radius 2 is 1.68 bits per heavy atom. The maximum atomic E-state index is 13.4. The number of nitrogens with one attached hydrogen (secondary N) is 1. The smallest absolute Gasteiger partial charge is 0.322 e. The first-order valence-corrected chi connectivity index (χ1v) is 15.2. The van der Waals surface area contributed by atoms with Gasteiger partial charge in [-0.3, -0.25) is 9.59 Å². The summed E-state index contributed by atoms with van der Waals surface area (Å²) in [6, 6.07) is 21.6. The number of para-hydroxylation sites is 1. The van der Waals surface area contributed by atoms with Crippen molar-refractivity contribution in [3.8, 4) is 11.5 Å². The van der Waals surface area contributed by atoms with Crippen molar-refractivity contribution in [2.24, 2.45) is 5.92 Å². The van der Waals surface area contributed by atoms with E-state index in [2.05, 4.69) is 5.32 Å². The Hall–Kier alpha value is -4.53. The van der Waals surface area contributed by atoms with Crippen molar-refractivity contribution in [2.75, 3.05) is 39.2 Å². The molecule has 2 heterocycles. The number of rotatable bonds is 10. The van der Waals surface area contributed by atoms with Gasteiger partial charge in [-0.25, -0.2) is 4.79 Å². The summed E-state index contributed by atoms with van der Waals surface area (Å²) < 4.78 is 16.8. The van der Waals surface area contributed by atoms with Crippen LogP contribution in [0.5, 0.6) is 11.5 Å². The van der Waals surface area contributed by atoms with Gasteiger partial charge < -0.3 is 29.3 Å². The number of likely N-dealkylation sites (tertiary alicyclic amines) is 1. The van der Waals surface area contributed by atoms with Crippen molar-refractivity contribution >= 4 is 23.6 Å². The Morgan fingerprint density at radius 3 is 2.41 bits per heavy atom. The third-order valence-corrected chi connectivity index (χ3v) is 8.58. The molecule has 1 fully saturated rings. The van der Waals surface area contributed by atoms with Crippen LogP contribution in [-0.2, 0) is 33.8 Å². The Labute approximate surface area is 259 Å². The molecular weight excluding hydrogens is 558 g/mol. The third kappa shape index (κ3) is 7.33. The molecule has 9 heteroatoms. The number of amides is 3. The number of piperidine rings is 1. The van der Waals surface area contributed by atoms with E-state index in [1.54, 1.807) is 7.11 Å². The van der Waals surface area contributed by atoms with Crippen LogP contribution in [0.2, 0.25) is 0 Å². The minimum atomic E-state index is -0.639. The van der Waals surface area contributed by atoms with Crippen LogP contribution in [0.25, 0.3) is 0 Å². The lowest BCUT2D eigenvalue weighted by molar-refractivity contribution is -0.149. The summed E-state index contributed by atoms with van der Waals surface area (Å²) in [5, 5.41) is 3.04. The van der Waals surface area contributed by atoms with E-state index in [4.69, 9.17) is 14.2 Å². The van der Waals surface area contributed by atoms with E-state index in [0.29, 0.717) is 57.0 Å². The zero-order chi connectivity index (χ0) is 31.1. The number of esters is 1. The molecule has 2 aliphatic heterocycles. The summed E-state index contributed by atoms with van der Waals surface area (Å²) in [4.78, 5) is 42.9. The first-order chi connectivity index (χ1) is 21.4. The Balaban J connectivity index is 1.19. The number of ether oxygens (including phenoxy) is 3. The van der Waals surface area contributed by atoms with Crippen molar-refractivity contribution < 1.29 is 28.6 Å². The summed E-state index contributed by atoms with van der Waals surface area (Å²) in [5.74, 6) is 0.0812. The van der Waals surface area contributed by atoms with E-state index in [0.717, 1.165) is 34.4 Å². The number of anilines is 1. The van der Waals surface area contributed by atoms with E-state index in [-0.39, 0.29) is 24.4 Å². The highest BCUT2D eigenvalue weighted by atomic mass is 16.5. The first kappa shape index (κ1) is 30.9. The highest BCUT2D eigenvalue weighted by Crippen LogP contribution is 2.34. The van der Waals surface area contributed by atoms with Gasteiger partial charge in [0.15, 0.2) is 11.5 Å². The van der Waals surface area contributed by atoms with Gasteiger partial charge in [-0.05, 0) is 67.0 Å². The fourth-order valence-electron chi connectivity index (χ4n) is 6.19. The van der Waals surface area contributed by atoms with Crippen LogP contribution in [0.1, 0.15) is 41.5 Å². The van der Waals surface area contributed by atoms with Crippen LogP contribution < -0.4 is 14.8 Å². The molecule has 0 radical (unpaired) electrons. The molecule has 3 aromatic rings. The van der Waals surface area contributed by atoms with Crippen molar-refractivity contribution in [3.63, 3.8) is 0 Å². The topological polar surface area (TPSA) is 97.4 Å². The molecule has 0 spiro atoms. The van der Waals surface area contributed by atoms with Crippen LogP contribution in [0.4, 0.5) is 10.5 Å².